The molecule has 0 fully saturated rings. The number of benzene rings is 2. The van der Waals surface area contributed by atoms with Gasteiger partial charge >= 0.3 is 18.0 Å². The normalized spacial score (nSPS) is 12.5. The lowest BCUT2D eigenvalue weighted by atomic mass is 10.1. The molecule has 1 aromatic heterocycles. The molecule has 47 heavy (non-hydrogen) atoms. The zero-order valence-corrected chi connectivity index (χ0v) is 29.1. The first kappa shape index (κ1) is 37.1. The van der Waals surface area contributed by atoms with Crippen LogP contribution in [0.3, 0.4) is 0 Å². The van der Waals surface area contributed by atoms with Crippen molar-refractivity contribution in [2.24, 2.45) is 0 Å². The van der Waals surface area contributed by atoms with Crippen LogP contribution in [-0.4, -0.2) is 71.3 Å². The number of thiophene rings is 1. The van der Waals surface area contributed by atoms with Crippen LogP contribution in [0.2, 0.25) is 0 Å². The summed E-state index contributed by atoms with van der Waals surface area (Å²) in [6.07, 6.45) is 0.557. The minimum Gasteiger partial charge on any atom is -0.496 e. The highest BCUT2D eigenvalue weighted by Crippen LogP contribution is 2.30. The van der Waals surface area contributed by atoms with Gasteiger partial charge in [0.2, 0.25) is 5.96 Å². The van der Waals surface area contributed by atoms with E-state index in [1.807, 2.05) is 29.6 Å². The molecule has 2 aromatic carbocycles. The van der Waals surface area contributed by atoms with Gasteiger partial charge in [-0.3, -0.25) is 5.41 Å². The van der Waals surface area contributed by atoms with Crippen molar-refractivity contribution in [3.63, 3.8) is 0 Å². The Morgan fingerprint density at radius 2 is 1.60 bits per heavy atom. The van der Waals surface area contributed by atoms with Crippen LogP contribution in [-0.2, 0) is 35.5 Å². The van der Waals surface area contributed by atoms with E-state index in [2.05, 4.69) is 20.7 Å². The smallest absolute Gasteiger partial charge is 0.329 e. The van der Waals surface area contributed by atoms with Gasteiger partial charge in [-0.15, -0.1) is 11.3 Å². The first-order valence-electron chi connectivity index (χ1n) is 15.2. The molecular weight excluding hydrogens is 647 g/mol. The monoisotopic (exact) mass is 689 g/mol. The van der Waals surface area contributed by atoms with Crippen LogP contribution in [0, 0.1) is 26.2 Å². The molecule has 1 heterocycles. The van der Waals surface area contributed by atoms with Crippen LogP contribution in [0.25, 0.3) is 10.1 Å². The zero-order valence-electron chi connectivity index (χ0n) is 27.4. The highest BCUT2D eigenvalue weighted by Gasteiger charge is 2.28. The molecule has 0 unspecified atom stereocenters. The first-order chi connectivity index (χ1) is 22.3. The Balaban J connectivity index is 1.61. The summed E-state index contributed by atoms with van der Waals surface area (Å²) in [4.78, 5) is 38.6. The third-order valence-corrected chi connectivity index (χ3v) is 10.1. The van der Waals surface area contributed by atoms with E-state index in [1.54, 1.807) is 40.7 Å². The summed E-state index contributed by atoms with van der Waals surface area (Å²) in [6, 6.07) is 6.54. The molecule has 0 aliphatic rings. The van der Waals surface area contributed by atoms with Gasteiger partial charge in [-0.1, -0.05) is 18.2 Å². The van der Waals surface area contributed by atoms with E-state index in [9.17, 15) is 22.8 Å². The molecule has 0 radical (unpaired) electrons. The molecule has 2 atom stereocenters. The Kier molecular flexibility index (Phi) is 13.4. The van der Waals surface area contributed by atoms with Crippen molar-refractivity contribution in [2.45, 2.75) is 70.9 Å². The van der Waals surface area contributed by atoms with E-state index >= 15 is 0 Å². The second-order valence-electron chi connectivity index (χ2n) is 10.7. The van der Waals surface area contributed by atoms with E-state index in [4.69, 9.17) is 19.6 Å². The van der Waals surface area contributed by atoms with Gasteiger partial charge in [-0.25, -0.2) is 27.5 Å². The number of amides is 2. The van der Waals surface area contributed by atoms with Gasteiger partial charge in [-0.05, 0) is 92.6 Å². The summed E-state index contributed by atoms with van der Waals surface area (Å²) in [7, 11) is -2.57. The summed E-state index contributed by atoms with van der Waals surface area (Å²) in [6.45, 7) is 8.72. The summed E-state index contributed by atoms with van der Waals surface area (Å²) >= 11 is 1.53. The molecule has 0 saturated heterocycles. The number of carbonyl (C=O) groups excluding carboxylic acids is 3. The molecule has 0 bridgehead atoms. The van der Waals surface area contributed by atoms with Gasteiger partial charge in [0.05, 0.1) is 25.2 Å². The number of ether oxygens (including phenoxy) is 3. The lowest BCUT2D eigenvalue weighted by Crippen LogP contribution is -2.52. The summed E-state index contributed by atoms with van der Waals surface area (Å²) in [5.74, 6) is -1.16. The number of carbonyl (C=O) groups is 3. The Labute approximate surface area is 279 Å². The molecule has 3 aromatic rings. The number of guanidine groups is 1. The third kappa shape index (κ3) is 9.81. The van der Waals surface area contributed by atoms with Crippen molar-refractivity contribution in [3.05, 3.63) is 58.0 Å². The van der Waals surface area contributed by atoms with E-state index in [1.165, 1.54) is 18.4 Å². The van der Waals surface area contributed by atoms with Gasteiger partial charge in [0.25, 0.3) is 10.0 Å². The number of hydrogen-bond donors (Lipinski definition) is 5. The van der Waals surface area contributed by atoms with Crippen LogP contribution in [0.4, 0.5) is 4.79 Å². The van der Waals surface area contributed by atoms with Crippen molar-refractivity contribution in [1.82, 2.24) is 20.7 Å². The molecule has 13 nitrogen and oxygen atoms in total. The number of methoxy groups -OCH3 is 1. The SMILES string of the molecule is CCOC(=O)[C@H](CCCNC(=N)NS(=O)(=O)c1c(C)cc(OC)c(C)c1C)NC(=O)N[C@@H](Cc1csc2ccccc12)C(=O)OCC. The lowest BCUT2D eigenvalue weighted by molar-refractivity contribution is -0.145. The van der Waals surface area contributed by atoms with Gasteiger partial charge in [0.15, 0.2) is 0 Å². The third-order valence-electron chi connectivity index (χ3n) is 7.41. The summed E-state index contributed by atoms with van der Waals surface area (Å²) in [5, 5.41) is 19.0. The highest BCUT2D eigenvalue weighted by molar-refractivity contribution is 7.90. The second kappa shape index (κ2) is 17.0. The number of rotatable bonds is 15. The molecular formula is C32H43N5O8S2. The fourth-order valence-electron chi connectivity index (χ4n) is 5.08. The number of hydrogen-bond acceptors (Lipinski definition) is 10. The van der Waals surface area contributed by atoms with Gasteiger partial charge in [0.1, 0.15) is 17.8 Å². The van der Waals surface area contributed by atoms with Crippen molar-refractivity contribution in [2.75, 3.05) is 26.9 Å². The Morgan fingerprint density at radius 1 is 0.957 bits per heavy atom. The van der Waals surface area contributed by atoms with Crippen LogP contribution in [0.15, 0.2) is 40.6 Å². The molecule has 0 spiro atoms. The molecule has 0 aliphatic heterocycles. The maximum absolute atomic E-state index is 13.1. The van der Waals surface area contributed by atoms with E-state index in [0.29, 0.717) is 22.4 Å². The average Bonchev–Trinajstić information content (AvgIpc) is 3.42. The van der Waals surface area contributed by atoms with Crippen molar-refractivity contribution in [3.8, 4) is 5.75 Å². The number of sulfonamides is 1. The topological polar surface area (TPSA) is 185 Å². The molecule has 256 valence electrons. The van der Waals surface area contributed by atoms with Crippen LogP contribution in [0.5, 0.6) is 5.75 Å². The molecule has 0 saturated carbocycles. The van der Waals surface area contributed by atoms with Crippen molar-refractivity contribution >= 4 is 55.4 Å². The quantitative estimate of drug-likeness (QED) is 0.0685. The first-order valence-corrected chi connectivity index (χ1v) is 17.5. The fourth-order valence-corrected chi connectivity index (χ4v) is 7.54. The zero-order chi connectivity index (χ0) is 34.7. The lowest BCUT2D eigenvalue weighted by Gasteiger charge is -2.21. The summed E-state index contributed by atoms with van der Waals surface area (Å²) < 4.78 is 45.2. The van der Waals surface area contributed by atoms with Crippen LogP contribution < -0.4 is 25.4 Å². The predicted molar refractivity (Wildman–Crippen MR) is 181 cm³/mol. The Bertz CT molecular complexity index is 1710. The largest absolute Gasteiger partial charge is 0.496 e. The van der Waals surface area contributed by atoms with Gasteiger partial charge < -0.3 is 30.2 Å². The molecule has 15 heteroatoms. The van der Waals surface area contributed by atoms with E-state index in [-0.39, 0.29) is 43.9 Å². The maximum atomic E-state index is 13.1. The van der Waals surface area contributed by atoms with E-state index < -0.39 is 46.0 Å². The number of nitrogens with one attached hydrogen (secondary N) is 5. The number of aryl methyl sites for hydroxylation is 1. The predicted octanol–water partition coefficient (Wildman–Crippen LogP) is 3.82. The fraction of sp³-hybridized carbons (Fsp3) is 0.438. The van der Waals surface area contributed by atoms with Crippen LogP contribution in [0.1, 0.15) is 48.9 Å². The van der Waals surface area contributed by atoms with Crippen molar-refractivity contribution < 1.29 is 37.0 Å². The second-order valence-corrected chi connectivity index (χ2v) is 13.2. The average molecular weight is 690 g/mol. The molecule has 0 aliphatic carbocycles. The minimum absolute atomic E-state index is 0.0632. The Hall–Kier alpha value is -4.37. The minimum atomic E-state index is -4.08. The molecule has 3 rings (SSSR count). The standard InChI is InChI=1S/C32H43N5O8S2/c1-7-44-29(38)24(13-11-15-34-31(33)37-47(41,42)28-19(3)16-26(43-6)20(4)21(28)5)35-32(40)36-25(30(39)45-8-2)17-22-18-46-27-14-10-9-12-23(22)27/h9-10,12,14,16,18,24-25H,7-8,11,13,15,17H2,1-6H3,(H3,33,34,37)(H2,35,36,40)/t24-,25-/m0/s1. The highest BCUT2D eigenvalue weighted by atomic mass is 32.2. The molecule has 2 amide bonds. The maximum Gasteiger partial charge on any atom is 0.329 e. The number of urea groups is 1. The number of esters is 2. The van der Waals surface area contributed by atoms with Gasteiger partial charge in [-0.2, -0.15) is 0 Å². The van der Waals surface area contributed by atoms with Crippen LogP contribution >= 0.6 is 11.3 Å². The van der Waals surface area contributed by atoms with Gasteiger partial charge in [0, 0.05) is 17.7 Å². The molecule has 5 N–H and O–H groups in total. The summed E-state index contributed by atoms with van der Waals surface area (Å²) in [5.41, 5.74) is 2.54. The number of fused-ring (bicyclic) bond motifs is 1. The Morgan fingerprint density at radius 3 is 2.26 bits per heavy atom. The van der Waals surface area contributed by atoms with Crippen molar-refractivity contribution in [1.29, 1.82) is 5.41 Å². The van der Waals surface area contributed by atoms with E-state index in [0.717, 1.165) is 15.6 Å².